The lowest BCUT2D eigenvalue weighted by Gasteiger charge is -2.36. The van der Waals surface area contributed by atoms with E-state index in [1.54, 1.807) is 11.3 Å². The molecular weight excluding hydrogens is 328 g/mol. The van der Waals surface area contributed by atoms with E-state index >= 15 is 0 Å². The summed E-state index contributed by atoms with van der Waals surface area (Å²) in [7, 11) is 0. The summed E-state index contributed by atoms with van der Waals surface area (Å²) in [6.45, 7) is 4.88. The van der Waals surface area contributed by atoms with Crippen molar-refractivity contribution in [3.8, 4) is 10.6 Å². The number of aromatic nitrogens is 1. The number of nitrogens with zero attached hydrogens (tertiary/aromatic N) is 2. The third kappa shape index (κ3) is 3.98. The number of ether oxygens (including phenoxy) is 1. The Labute approximate surface area is 152 Å². The zero-order chi connectivity index (χ0) is 17.1. The number of morpholine rings is 1. The molecular formula is C21H22N2OS. The van der Waals surface area contributed by atoms with Gasteiger partial charge in [0.25, 0.3) is 0 Å². The molecule has 0 N–H and O–H groups in total. The Morgan fingerprint density at radius 1 is 1.04 bits per heavy atom. The molecule has 1 fully saturated rings. The van der Waals surface area contributed by atoms with E-state index < -0.39 is 0 Å². The van der Waals surface area contributed by atoms with Crippen molar-refractivity contribution in [1.29, 1.82) is 0 Å². The fourth-order valence-corrected chi connectivity index (χ4v) is 4.16. The van der Waals surface area contributed by atoms with Gasteiger partial charge in [-0.1, -0.05) is 60.7 Å². The summed E-state index contributed by atoms with van der Waals surface area (Å²) in [6, 6.07) is 20.9. The molecule has 0 bridgehead atoms. The van der Waals surface area contributed by atoms with Crippen LogP contribution in [-0.2, 0) is 11.3 Å². The van der Waals surface area contributed by atoms with Crippen LogP contribution in [0, 0.1) is 0 Å². The molecule has 0 saturated carbocycles. The Bertz CT molecular complexity index is 803. The molecule has 1 aliphatic rings. The van der Waals surface area contributed by atoms with Crippen LogP contribution in [0.3, 0.4) is 0 Å². The molecule has 4 rings (SSSR count). The van der Waals surface area contributed by atoms with E-state index in [1.165, 1.54) is 11.1 Å². The number of hydrogen-bond donors (Lipinski definition) is 0. The zero-order valence-electron chi connectivity index (χ0n) is 14.3. The minimum absolute atomic E-state index is 0.136. The number of hydrogen-bond acceptors (Lipinski definition) is 4. The summed E-state index contributed by atoms with van der Waals surface area (Å²) in [5, 5.41) is 3.27. The highest BCUT2D eigenvalue weighted by Crippen LogP contribution is 2.28. The minimum Gasteiger partial charge on any atom is -0.368 e. The lowest BCUT2D eigenvalue weighted by molar-refractivity contribution is -0.0816. The van der Waals surface area contributed by atoms with Crippen LogP contribution in [0.4, 0.5) is 0 Å². The molecule has 0 amide bonds. The van der Waals surface area contributed by atoms with Crippen LogP contribution in [0.5, 0.6) is 0 Å². The highest BCUT2D eigenvalue weighted by Gasteiger charge is 2.26. The molecule has 2 heterocycles. The third-order valence-corrected chi connectivity index (χ3v) is 5.41. The summed E-state index contributed by atoms with van der Waals surface area (Å²) >= 11 is 1.72. The minimum atomic E-state index is 0.136. The maximum atomic E-state index is 6.16. The average molecular weight is 350 g/mol. The van der Waals surface area contributed by atoms with Gasteiger partial charge in [-0.3, -0.25) is 4.90 Å². The van der Waals surface area contributed by atoms with Gasteiger partial charge in [-0.15, -0.1) is 11.3 Å². The van der Waals surface area contributed by atoms with Gasteiger partial charge in [0.1, 0.15) is 5.01 Å². The van der Waals surface area contributed by atoms with Gasteiger partial charge in [-0.05, 0) is 12.5 Å². The van der Waals surface area contributed by atoms with E-state index in [4.69, 9.17) is 9.72 Å². The van der Waals surface area contributed by atoms with Gasteiger partial charge >= 0.3 is 0 Å². The fourth-order valence-electron chi connectivity index (χ4n) is 3.34. The molecule has 2 unspecified atom stereocenters. The van der Waals surface area contributed by atoms with Crippen molar-refractivity contribution in [2.45, 2.75) is 25.7 Å². The van der Waals surface area contributed by atoms with Gasteiger partial charge in [-0.2, -0.15) is 0 Å². The predicted octanol–water partition coefficient (Wildman–Crippen LogP) is 4.77. The molecule has 2 atom stereocenters. The van der Waals surface area contributed by atoms with Crippen LogP contribution in [0.1, 0.15) is 24.3 Å². The van der Waals surface area contributed by atoms with E-state index in [0.29, 0.717) is 0 Å². The van der Waals surface area contributed by atoms with Crippen molar-refractivity contribution in [1.82, 2.24) is 9.88 Å². The van der Waals surface area contributed by atoms with E-state index in [9.17, 15) is 0 Å². The lowest BCUT2D eigenvalue weighted by Crippen LogP contribution is -2.42. The van der Waals surface area contributed by atoms with Crippen molar-refractivity contribution < 1.29 is 4.74 Å². The molecule has 128 valence electrons. The van der Waals surface area contributed by atoms with E-state index in [1.807, 2.05) is 12.1 Å². The summed E-state index contributed by atoms with van der Waals surface area (Å²) in [5.41, 5.74) is 3.59. The highest BCUT2D eigenvalue weighted by molar-refractivity contribution is 7.13. The van der Waals surface area contributed by atoms with Gasteiger partial charge < -0.3 is 4.74 Å². The number of rotatable bonds is 4. The first kappa shape index (κ1) is 16.5. The predicted molar refractivity (Wildman–Crippen MR) is 103 cm³/mol. The Kier molecular flexibility index (Phi) is 4.92. The maximum Gasteiger partial charge on any atom is 0.123 e. The molecule has 1 aromatic heterocycles. The van der Waals surface area contributed by atoms with Crippen molar-refractivity contribution in [3.63, 3.8) is 0 Å². The summed E-state index contributed by atoms with van der Waals surface area (Å²) in [5.74, 6) is 0. The first-order valence-electron chi connectivity index (χ1n) is 8.70. The van der Waals surface area contributed by atoms with Crippen LogP contribution in [0.15, 0.2) is 66.0 Å². The van der Waals surface area contributed by atoms with Crippen LogP contribution >= 0.6 is 11.3 Å². The SMILES string of the molecule is CC1CN(Cc2csc(-c3ccccc3)n2)CC(c2ccccc2)O1. The van der Waals surface area contributed by atoms with Gasteiger partial charge in [0.2, 0.25) is 0 Å². The fraction of sp³-hybridized carbons (Fsp3) is 0.286. The van der Waals surface area contributed by atoms with Crippen LogP contribution in [-0.4, -0.2) is 29.1 Å². The van der Waals surface area contributed by atoms with Crippen LogP contribution < -0.4 is 0 Å². The van der Waals surface area contributed by atoms with Crippen LogP contribution in [0.2, 0.25) is 0 Å². The zero-order valence-corrected chi connectivity index (χ0v) is 15.2. The normalized spacial score (nSPS) is 21.3. The smallest absolute Gasteiger partial charge is 0.123 e. The highest BCUT2D eigenvalue weighted by atomic mass is 32.1. The van der Waals surface area contributed by atoms with Crippen molar-refractivity contribution >= 4 is 11.3 Å². The Morgan fingerprint density at radius 2 is 1.76 bits per heavy atom. The Balaban J connectivity index is 1.46. The number of thiazole rings is 1. The molecule has 4 heteroatoms. The molecule has 3 nitrogen and oxygen atoms in total. The summed E-state index contributed by atoms with van der Waals surface area (Å²) in [6.07, 6.45) is 0.364. The van der Waals surface area contributed by atoms with E-state index in [-0.39, 0.29) is 12.2 Å². The molecule has 2 aromatic carbocycles. The lowest BCUT2D eigenvalue weighted by atomic mass is 10.1. The first-order chi connectivity index (χ1) is 12.3. The van der Waals surface area contributed by atoms with Gasteiger partial charge in [0.05, 0.1) is 17.9 Å². The second kappa shape index (κ2) is 7.48. The third-order valence-electron chi connectivity index (χ3n) is 4.47. The quantitative estimate of drug-likeness (QED) is 0.677. The first-order valence-corrected chi connectivity index (χ1v) is 9.58. The molecule has 0 radical (unpaired) electrons. The Hall–Kier alpha value is -2.01. The molecule has 3 aromatic rings. The number of benzene rings is 2. The summed E-state index contributed by atoms with van der Waals surface area (Å²) in [4.78, 5) is 7.29. The van der Waals surface area contributed by atoms with Crippen LogP contribution in [0.25, 0.3) is 10.6 Å². The summed E-state index contributed by atoms with van der Waals surface area (Å²) < 4.78 is 6.16. The van der Waals surface area contributed by atoms with E-state index in [0.717, 1.165) is 30.3 Å². The standard InChI is InChI=1S/C21H22N2OS/c1-16-12-23(14-20(24-16)17-8-4-2-5-9-17)13-19-15-25-21(22-19)18-10-6-3-7-11-18/h2-11,15-16,20H,12-14H2,1H3. The monoisotopic (exact) mass is 350 g/mol. The maximum absolute atomic E-state index is 6.16. The van der Waals surface area contributed by atoms with Gasteiger partial charge in [-0.25, -0.2) is 4.98 Å². The topological polar surface area (TPSA) is 25.4 Å². The average Bonchev–Trinajstić information content (AvgIpc) is 3.11. The van der Waals surface area contributed by atoms with Crippen molar-refractivity contribution in [2.75, 3.05) is 13.1 Å². The molecule has 1 aliphatic heterocycles. The second-order valence-electron chi connectivity index (χ2n) is 6.55. The molecule has 25 heavy (non-hydrogen) atoms. The largest absolute Gasteiger partial charge is 0.368 e. The van der Waals surface area contributed by atoms with E-state index in [2.05, 4.69) is 65.7 Å². The van der Waals surface area contributed by atoms with Gasteiger partial charge in [0.15, 0.2) is 0 Å². The second-order valence-corrected chi connectivity index (χ2v) is 7.41. The van der Waals surface area contributed by atoms with Crippen molar-refractivity contribution in [3.05, 3.63) is 77.3 Å². The molecule has 1 saturated heterocycles. The Morgan fingerprint density at radius 3 is 2.52 bits per heavy atom. The van der Waals surface area contributed by atoms with Gasteiger partial charge in [0, 0.05) is 30.6 Å². The van der Waals surface area contributed by atoms with Crippen molar-refractivity contribution in [2.24, 2.45) is 0 Å². The molecule has 0 aliphatic carbocycles. The molecule has 0 spiro atoms.